The first-order chi connectivity index (χ1) is 12.2. The maximum Gasteiger partial charge on any atom is 0.338 e. The Bertz CT molecular complexity index is 661. The van der Waals surface area contributed by atoms with Gasteiger partial charge in [-0.05, 0) is 36.1 Å². The van der Waals surface area contributed by atoms with Crippen molar-refractivity contribution in [2.24, 2.45) is 0 Å². The Labute approximate surface area is 150 Å². The van der Waals surface area contributed by atoms with Gasteiger partial charge in [0.25, 0.3) is 0 Å². The third-order valence-corrected chi connectivity index (χ3v) is 4.49. The van der Waals surface area contributed by atoms with E-state index in [0.717, 1.165) is 30.4 Å². The summed E-state index contributed by atoms with van der Waals surface area (Å²) >= 11 is 0. The number of aliphatic hydroxyl groups excluding tert-OH is 1. The molecule has 134 valence electrons. The molecule has 1 unspecified atom stereocenters. The van der Waals surface area contributed by atoms with Crippen LogP contribution >= 0.6 is 0 Å². The fraction of sp³-hybridized carbons (Fsp3) is 0.409. The molecule has 0 aromatic heterocycles. The molecule has 0 saturated carbocycles. The maximum atomic E-state index is 12.4. The Morgan fingerprint density at radius 3 is 2.40 bits per heavy atom. The lowest BCUT2D eigenvalue weighted by molar-refractivity contribution is 0.0524. The van der Waals surface area contributed by atoms with E-state index in [-0.39, 0.29) is 18.5 Å². The average molecular weight is 340 g/mol. The summed E-state index contributed by atoms with van der Waals surface area (Å²) in [6.45, 7) is 4.43. The van der Waals surface area contributed by atoms with E-state index < -0.39 is 0 Å². The van der Waals surface area contributed by atoms with Crippen molar-refractivity contribution in [3.8, 4) is 0 Å². The first kappa shape index (κ1) is 19.2. The fourth-order valence-corrected chi connectivity index (χ4v) is 3.15. The highest BCUT2D eigenvalue weighted by molar-refractivity contribution is 5.91. The van der Waals surface area contributed by atoms with Crippen molar-refractivity contribution in [3.05, 3.63) is 70.8 Å². The highest BCUT2D eigenvalue weighted by Gasteiger charge is 2.21. The zero-order valence-corrected chi connectivity index (χ0v) is 15.2. The molecule has 3 heteroatoms. The molecule has 0 aliphatic carbocycles. The number of benzene rings is 2. The van der Waals surface area contributed by atoms with Crippen molar-refractivity contribution in [1.82, 2.24) is 0 Å². The third-order valence-electron chi connectivity index (χ3n) is 4.49. The van der Waals surface area contributed by atoms with Crippen molar-refractivity contribution >= 4 is 5.97 Å². The van der Waals surface area contributed by atoms with Crippen LogP contribution in [0.4, 0.5) is 0 Å². The van der Waals surface area contributed by atoms with Gasteiger partial charge in [0.1, 0.15) is 0 Å². The molecule has 0 aliphatic heterocycles. The van der Waals surface area contributed by atoms with Gasteiger partial charge in [0.15, 0.2) is 0 Å². The smallest absolute Gasteiger partial charge is 0.338 e. The van der Waals surface area contributed by atoms with Crippen LogP contribution in [0.5, 0.6) is 0 Å². The standard InChI is InChI=1S/C22H28O3/c1-3-5-6-9-19(18-14-12-17(16-23)13-15-18)20-10-7-8-11-21(20)22(24)25-4-2/h7-8,10-15,19,23H,3-6,9,16H2,1-2H3. The first-order valence-electron chi connectivity index (χ1n) is 9.17. The summed E-state index contributed by atoms with van der Waals surface area (Å²) < 4.78 is 5.24. The van der Waals surface area contributed by atoms with Gasteiger partial charge in [0, 0.05) is 5.92 Å². The minimum atomic E-state index is -0.259. The average Bonchev–Trinajstić information content (AvgIpc) is 2.66. The van der Waals surface area contributed by atoms with Crippen LogP contribution in [0.25, 0.3) is 0 Å². The highest BCUT2D eigenvalue weighted by Crippen LogP contribution is 2.33. The van der Waals surface area contributed by atoms with Gasteiger partial charge in [-0.1, -0.05) is 68.7 Å². The minimum absolute atomic E-state index is 0.0419. The number of rotatable bonds is 9. The van der Waals surface area contributed by atoms with Gasteiger partial charge >= 0.3 is 5.97 Å². The van der Waals surface area contributed by atoms with Crippen LogP contribution in [-0.4, -0.2) is 17.7 Å². The SMILES string of the molecule is CCCCCC(c1ccc(CO)cc1)c1ccccc1C(=O)OCC. The first-order valence-corrected chi connectivity index (χ1v) is 9.17. The zero-order chi connectivity index (χ0) is 18.1. The largest absolute Gasteiger partial charge is 0.462 e. The summed E-state index contributed by atoms with van der Waals surface area (Å²) in [7, 11) is 0. The molecular formula is C22H28O3. The van der Waals surface area contributed by atoms with E-state index in [1.165, 1.54) is 12.0 Å². The number of ether oxygens (including phenoxy) is 1. The predicted octanol–water partition coefficient (Wildman–Crippen LogP) is 5.07. The van der Waals surface area contributed by atoms with E-state index in [2.05, 4.69) is 19.1 Å². The number of carbonyl (C=O) groups excluding carboxylic acids is 1. The van der Waals surface area contributed by atoms with Crippen LogP contribution in [0.2, 0.25) is 0 Å². The second-order valence-corrected chi connectivity index (χ2v) is 6.26. The van der Waals surface area contributed by atoms with Gasteiger partial charge in [-0.25, -0.2) is 4.79 Å². The van der Waals surface area contributed by atoms with Crippen LogP contribution in [0.1, 0.15) is 72.5 Å². The highest BCUT2D eigenvalue weighted by atomic mass is 16.5. The molecule has 25 heavy (non-hydrogen) atoms. The summed E-state index contributed by atoms with van der Waals surface area (Å²) in [6.07, 6.45) is 4.44. The molecular weight excluding hydrogens is 312 g/mol. The fourth-order valence-electron chi connectivity index (χ4n) is 3.15. The van der Waals surface area contributed by atoms with E-state index in [9.17, 15) is 9.90 Å². The van der Waals surface area contributed by atoms with E-state index in [1.807, 2.05) is 43.3 Å². The van der Waals surface area contributed by atoms with Crippen molar-refractivity contribution in [2.75, 3.05) is 6.61 Å². The number of carbonyl (C=O) groups is 1. The van der Waals surface area contributed by atoms with Crippen molar-refractivity contribution in [2.45, 2.75) is 52.1 Å². The normalized spacial score (nSPS) is 12.0. The molecule has 0 radical (unpaired) electrons. The summed E-state index contributed by atoms with van der Waals surface area (Å²) in [5.74, 6) is -0.106. The lowest BCUT2D eigenvalue weighted by Gasteiger charge is -2.21. The Morgan fingerprint density at radius 2 is 1.76 bits per heavy atom. The molecule has 0 fully saturated rings. The second kappa shape index (κ2) is 10.00. The summed E-state index contributed by atoms with van der Waals surface area (Å²) in [5, 5.41) is 9.27. The molecule has 0 saturated heterocycles. The molecule has 2 aromatic carbocycles. The molecule has 1 N–H and O–H groups in total. The third kappa shape index (κ3) is 5.17. The van der Waals surface area contributed by atoms with E-state index in [1.54, 1.807) is 0 Å². The molecule has 3 nitrogen and oxygen atoms in total. The van der Waals surface area contributed by atoms with Crippen molar-refractivity contribution < 1.29 is 14.6 Å². The number of hydrogen-bond donors (Lipinski definition) is 1. The lowest BCUT2D eigenvalue weighted by atomic mass is 9.84. The molecule has 1 atom stereocenters. The summed E-state index contributed by atoms with van der Waals surface area (Å²) in [4.78, 5) is 12.4. The topological polar surface area (TPSA) is 46.5 Å². The van der Waals surface area contributed by atoms with Crippen LogP contribution in [0.15, 0.2) is 48.5 Å². The van der Waals surface area contributed by atoms with Gasteiger partial charge < -0.3 is 9.84 Å². The Kier molecular flexibility index (Phi) is 7.68. The monoisotopic (exact) mass is 340 g/mol. The Hall–Kier alpha value is -2.13. The van der Waals surface area contributed by atoms with E-state index in [0.29, 0.717) is 12.2 Å². The molecule has 0 amide bonds. The van der Waals surface area contributed by atoms with Crippen LogP contribution in [-0.2, 0) is 11.3 Å². The minimum Gasteiger partial charge on any atom is -0.462 e. The van der Waals surface area contributed by atoms with Crippen LogP contribution in [0.3, 0.4) is 0 Å². The number of unbranched alkanes of at least 4 members (excludes halogenated alkanes) is 2. The Balaban J connectivity index is 2.39. The summed E-state index contributed by atoms with van der Waals surface area (Å²) in [6, 6.07) is 15.8. The van der Waals surface area contributed by atoms with E-state index >= 15 is 0 Å². The molecule has 0 aliphatic rings. The Morgan fingerprint density at radius 1 is 1.04 bits per heavy atom. The van der Waals surface area contributed by atoms with Gasteiger partial charge in [-0.3, -0.25) is 0 Å². The molecule has 2 rings (SSSR count). The van der Waals surface area contributed by atoms with Crippen molar-refractivity contribution in [3.63, 3.8) is 0 Å². The van der Waals surface area contributed by atoms with Gasteiger partial charge in [0.2, 0.25) is 0 Å². The van der Waals surface area contributed by atoms with Gasteiger partial charge in [-0.2, -0.15) is 0 Å². The van der Waals surface area contributed by atoms with Gasteiger partial charge in [-0.15, -0.1) is 0 Å². The molecule has 0 bridgehead atoms. The van der Waals surface area contributed by atoms with E-state index in [4.69, 9.17) is 4.74 Å². The second-order valence-electron chi connectivity index (χ2n) is 6.26. The molecule has 2 aromatic rings. The predicted molar refractivity (Wildman–Crippen MR) is 101 cm³/mol. The van der Waals surface area contributed by atoms with Crippen molar-refractivity contribution in [1.29, 1.82) is 0 Å². The van der Waals surface area contributed by atoms with Crippen LogP contribution in [0, 0.1) is 0 Å². The van der Waals surface area contributed by atoms with Crippen LogP contribution < -0.4 is 0 Å². The number of hydrogen-bond acceptors (Lipinski definition) is 3. The maximum absolute atomic E-state index is 12.4. The lowest BCUT2D eigenvalue weighted by Crippen LogP contribution is -2.12. The zero-order valence-electron chi connectivity index (χ0n) is 15.2. The van der Waals surface area contributed by atoms with Gasteiger partial charge in [0.05, 0.1) is 18.8 Å². The number of aliphatic hydroxyl groups is 1. The molecule has 0 heterocycles. The summed E-state index contributed by atoms with van der Waals surface area (Å²) in [5.41, 5.74) is 3.74. The molecule has 0 spiro atoms. The quantitative estimate of drug-likeness (QED) is 0.512. The number of esters is 1.